The van der Waals surface area contributed by atoms with Gasteiger partial charge in [0.25, 0.3) is 0 Å². The molecular formula is C21H20N4O5S. The van der Waals surface area contributed by atoms with Gasteiger partial charge in [0.15, 0.2) is 5.17 Å². The first kappa shape index (κ1) is 22.0. The van der Waals surface area contributed by atoms with Crippen LogP contribution in [0.3, 0.4) is 0 Å². The Hall–Kier alpha value is -3.66. The Morgan fingerprint density at radius 2 is 1.77 bits per heavy atom. The molecule has 1 aliphatic rings. The number of carbonyl (C=O) groups is 3. The van der Waals surface area contributed by atoms with Crippen molar-refractivity contribution in [2.45, 2.75) is 18.6 Å². The lowest BCUT2D eigenvalue weighted by Crippen LogP contribution is -2.41. The highest BCUT2D eigenvalue weighted by Gasteiger charge is 2.30. The molecule has 1 atom stereocenters. The van der Waals surface area contributed by atoms with Crippen molar-refractivity contribution in [1.82, 2.24) is 5.32 Å². The molecule has 3 N–H and O–H groups in total. The Bertz CT molecular complexity index is 1050. The molecule has 0 aromatic heterocycles. The number of thioether (sulfide) groups is 1. The van der Waals surface area contributed by atoms with Crippen molar-refractivity contribution in [3.8, 4) is 5.75 Å². The Kier molecular flexibility index (Phi) is 7.03. The van der Waals surface area contributed by atoms with Crippen LogP contribution in [0.2, 0.25) is 0 Å². The summed E-state index contributed by atoms with van der Waals surface area (Å²) in [6, 6.07) is 13.1. The molecule has 0 bridgehead atoms. The fourth-order valence-corrected chi connectivity index (χ4v) is 3.60. The maximum atomic E-state index is 12.6. The Balaban J connectivity index is 1.67. The third-order valence-corrected chi connectivity index (χ3v) is 5.43. The van der Waals surface area contributed by atoms with E-state index in [2.05, 4.69) is 20.8 Å². The molecule has 0 radical (unpaired) electrons. The predicted octanol–water partition coefficient (Wildman–Crippen LogP) is 2.73. The maximum absolute atomic E-state index is 12.6. The monoisotopic (exact) mass is 440 g/mol. The highest BCUT2D eigenvalue weighted by Crippen LogP contribution is 2.23. The SMILES string of the molecule is COc1ccc(/C(C)=N/N=C2NC(=O)CC(C(=O)Nc3ccc(C(=O)O)cc3)S2)cc1. The molecule has 10 heteroatoms. The lowest BCUT2D eigenvalue weighted by atomic mass is 10.1. The summed E-state index contributed by atoms with van der Waals surface area (Å²) in [6.45, 7) is 1.78. The van der Waals surface area contributed by atoms with Gasteiger partial charge in [0.05, 0.1) is 18.4 Å². The van der Waals surface area contributed by atoms with Crippen LogP contribution in [0, 0.1) is 0 Å². The number of anilines is 1. The molecule has 1 fully saturated rings. The molecule has 0 spiro atoms. The van der Waals surface area contributed by atoms with E-state index in [4.69, 9.17) is 9.84 Å². The fraction of sp³-hybridized carbons (Fsp3) is 0.190. The molecule has 9 nitrogen and oxygen atoms in total. The highest BCUT2D eigenvalue weighted by molar-refractivity contribution is 8.15. The first-order valence-corrected chi connectivity index (χ1v) is 10.1. The molecule has 3 rings (SSSR count). The quantitative estimate of drug-likeness (QED) is 0.468. The maximum Gasteiger partial charge on any atom is 0.335 e. The summed E-state index contributed by atoms with van der Waals surface area (Å²) in [5.41, 5.74) is 2.03. The fourth-order valence-electron chi connectivity index (χ4n) is 2.67. The van der Waals surface area contributed by atoms with Crippen LogP contribution in [-0.4, -0.2) is 46.1 Å². The van der Waals surface area contributed by atoms with Gasteiger partial charge in [0, 0.05) is 12.1 Å². The molecule has 1 heterocycles. The van der Waals surface area contributed by atoms with E-state index >= 15 is 0 Å². The second-order valence-corrected chi connectivity index (χ2v) is 7.74. The van der Waals surface area contributed by atoms with Crippen molar-refractivity contribution in [3.63, 3.8) is 0 Å². The van der Waals surface area contributed by atoms with E-state index < -0.39 is 11.2 Å². The van der Waals surface area contributed by atoms with Gasteiger partial charge in [-0.25, -0.2) is 4.79 Å². The average Bonchev–Trinajstić information content (AvgIpc) is 2.77. The number of amidine groups is 1. The molecule has 1 saturated heterocycles. The normalized spacial score (nSPS) is 17.7. The third-order valence-electron chi connectivity index (χ3n) is 4.36. The number of carboxylic acid groups (broad SMARTS) is 1. The molecule has 31 heavy (non-hydrogen) atoms. The number of nitrogens with one attached hydrogen (secondary N) is 2. The number of rotatable bonds is 6. The second kappa shape index (κ2) is 9.90. The predicted molar refractivity (Wildman–Crippen MR) is 119 cm³/mol. The summed E-state index contributed by atoms with van der Waals surface area (Å²) < 4.78 is 5.13. The average molecular weight is 440 g/mol. The minimum atomic E-state index is -1.05. The van der Waals surface area contributed by atoms with E-state index in [1.807, 2.05) is 24.3 Å². The molecule has 0 saturated carbocycles. The lowest BCUT2D eigenvalue weighted by molar-refractivity contribution is -0.123. The van der Waals surface area contributed by atoms with E-state index in [-0.39, 0.29) is 29.0 Å². The number of hydrogen-bond acceptors (Lipinski definition) is 7. The van der Waals surface area contributed by atoms with Crippen LogP contribution in [0.15, 0.2) is 58.7 Å². The number of carbonyl (C=O) groups excluding carboxylic acids is 2. The zero-order valence-corrected chi connectivity index (χ0v) is 17.6. The van der Waals surface area contributed by atoms with Crippen LogP contribution in [0.25, 0.3) is 0 Å². The largest absolute Gasteiger partial charge is 0.497 e. The molecular weight excluding hydrogens is 420 g/mol. The summed E-state index contributed by atoms with van der Waals surface area (Å²) in [6.07, 6.45) is -0.0100. The minimum Gasteiger partial charge on any atom is -0.497 e. The van der Waals surface area contributed by atoms with Crippen molar-refractivity contribution in [2.75, 3.05) is 12.4 Å². The van der Waals surface area contributed by atoms with Crippen LogP contribution in [0.4, 0.5) is 5.69 Å². The molecule has 1 aliphatic heterocycles. The number of aromatic carboxylic acids is 1. The van der Waals surface area contributed by atoms with Gasteiger partial charge in [0.2, 0.25) is 11.8 Å². The molecule has 2 aromatic carbocycles. The van der Waals surface area contributed by atoms with Gasteiger partial charge in [-0.15, -0.1) is 5.10 Å². The van der Waals surface area contributed by atoms with E-state index in [9.17, 15) is 14.4 Å². The van der Waals surface area contributed by atoms with Crippen LogP contribution in [-0.2, 0) is 9.59 Å². The van der Waals surface area contributed by atoms with Gasteiger partial charge in [-0.2, -0.15) is 5.10 Å². The summed E-state index contributed by atoms with van der Waals surface area (Å²) in [5, 5.41) is 22.0. The van der Waals surface area contributed by atoms with E-state index in [1.54, 1.807) is 14.0 Å². The van der Waals surface area contributed by atoms with Gasteiger partial charge in [-0.05, 0) is 61.0 Å². The van der Waals surface area contributed by atoms with Gasteiger partial charge >= 0.3 is 5.97 Å². The molecule has 2 aromatic rings. The van der Waals surface area contributed by atoms with Gasteiger partial charge < -0.3 is 20.5 Å². The van der Waals surface area contributed by atoms with Crippen molar-refractivity contribution in [1.29, 1.82) is 0 Å². The van der Waals surface area contributed by atoms with Crippen molar-refractivity contribution >= 4 is 46.1 Å². The van der Waals surface area contributed by atoms with Gasteiger partial charge in [-0.1, -0.05) is 11.8 Å². The number of nitrogens with zero attached hydrogens (tertiary/aromatic N) is 2. The number of methoxy groups -OCH3 is 1. The lowest BCUT2D eigenvalue weighted by Gasteiger charge is -2.21. The summed E-state index contributed by atoms with van der Waals surface area (Å²) >= 11 is 1.10. The van der Waals surface area contributed by atoms with E-state index in [1.165, 1.54) is 24.3 Å². The van der Waals surface area contributed by atoms with Crippen molar-refractivity contribution in [3.05, 3.63) is 59.7 Å². The molecule has 160 valence electrons. The van der Waals surface area contributed by atoms with E-state index in [0.717, 1.165) is 23.1 Å². The summed E-state index contributed by atoms with van der Waals surface area (Å²) in [7, 11) is 1.59. The summed E-state index contributed by atoms with van der Waals surface area (Å²) in [5.74, 6) is -1.05. The number of ether oxygens (including phenoxy) is 1. The number of carboxylic acids is 1. The molecule has 1 unspecified atom stereocenters. The smallest absolute Gasteiger partial charge is 0.335 e. The Morgan fingerprint density at radius 1 is 1.13 bits per heavy atom. The number of benzene rings is 2. The van der Waals surface area contributed by atoms with Crippen LogP contribution in [0.1, 0.15) is 29.3 Å². The van der Waals surface area contributed by atoms with Crippen LogP contribution in [0.5, 0.6) is 5.75 Å². The van der Waals surface area contributed by atoms with Crippen molar-refractivity contribution in [2.24, 2.45) is 10.2 Å². The van der Waals surface area contributed by atoms with Crippen LogP contribution < -0.4 is 15.4 Å². The molecule has 2 amide bonds. The van der Waals surface area contributed by atoms with Crippen LogP contribution >= 0.6 is 11.8 Å². The first-order chi connectivity index (χ1) is 14.9. The second-order valence-electron chi connectivity index (χ2n) is 6.55. The highest BCUT2D eigenvalue weighted by atomic mass is 32.2. The molecule has 0 aliphatic carbocycles. The zero-order valence-electron chi connectivity index (χ0n) is 16.8. The Labute approximate surface area is 182 Å². The standard InChI is InChI=1S/C21H20N4O5S/c1-12(13-5-9-16(30-2)10-6-13)24-25-21-23-18(26)11-17(31-21)19(27)22-15-7-3-14(4-8-15)20(28)29/h3-10,17H,11H2,1-2H3,(H,22,27)(H,28,29)(H,23,25,26)/b24-12+. The number of amides is 2. The summed E-state index contributed by atoms with van der Waals surface area (Å²) in [4.78, 5) is 35.5. The van der Waals surface area contributed by atoms with Gasteiger partial charge in [-0.3, -0.25) is 9.59 Å². The number of hydrogen-bond donors (Lipinski definition) is 3. The minimum absolute atomic E-state index is 0.0100. The van der Waals surface area contributed by atoms with Crippen molar-refractivity contribution < 1.29 is 24.2 Å². The Morgan fingerprint density at radius 3 is 2.39 bits per heavy atom. The first-order valence-electron chi connectivity index (χ1n) is 9.23. The topological polar surface area (TPSA) is 129 Å². The van der Waals surface area contributed by atoms with Gasteiger partial charge in [0.1, 0.15) is 11.0 Å². The third kappa shape index (κ3) is 5.92. The zero-order chi connectivity index (χ0) is 22.4. The van der Waals surface area contributed by atoms with E-state index in [0.29, 0.717) is 11.4 Å².